The Morgan fingerprint density at radius 1 is 1.22 bits per heavy atom. The third kappa shape index (κ3) is 2.04. The maximum atomic E-state index is 5.32. The number of hydrogen-bond donors (Lipinski definition) is 1. The molecule has 0 unspecified atom stereocenters. The first-order valence-electron chi connectivity index (χ1n) is 5.77. The molecule has 0 aliphatic carbocycles. The van der Waals surface area contributed by atoms with Crippen molar-refractivity contribution in [2.24, 2.45) is 0 Å². The predicted octanol–water partition coefficient (Wildman–Crippen LogP) is 2.73. The fraction of sp³-hybridized carbons (Fsp3) is 0.154. The van der Waals surface area contributed by atoms with E-state index < -0.39 is 0 Å². The third-order valence-corrected chi connectivity index (χ3v) is 3.20. The highest BCUT2D eigenvalue weighted by molar-refractivity contribution is 7.71. The van der Waals surface area contributed by atoms with Crippen molar-refractivity contribution in [1.29, 1.82) is 0 Å². The lowest BCUT2D eigenvalue weighted by Crippen LogP contribution is -2.02. The summed E-state index contributed by atoms with van der Waals surface area (Å²) in [6.07, 6.45) is 6.34. The molecular weight excluding hydrogens is 244 g/mol. The van der Waals surface area contributed by atoms with Gasteiger partial charge >= 0.3 is 0 Å². The van der Waals surface area contributed by atoms with Crippen molar-refractivity contribution in [2.45, 2.75) is 13.0 Å². The Morgan fingerprint density at radius 3 is 2.94 bits per heavy atom. The van der Waals surface area contributed by atoms with Gasteiger partial charge in [-0.1, -0.05) is 6.07 Å². The lowest BCUT2D eigenvalue weighted by molar-refractivity contribution is 0.699. The van der Waals surface area contributed by atoms with Crippen molar-refractivity contribution >= 4 is 23.4 Å². The van der Waals surface area contributed by atoms with E-state index in [2.05, 4.69) is 21.0 Å². The van der Waals surface area contributed by atoms with E-state index >= 15 is 0 Å². The maximum Gasteiger partial charge on any atom is 0.179 e. The summed E-state index contributed by atoms with van der Waals surface area (Å²) in [7, 11) is 0. The average Bonchev–Trinajstić information content (AvgIpc) is 2.73. The van der Waals surface area contributed by atoms with Crippen molar-refractivity contribution in [2.75, 3.05) is 0 Å². The third-order valence-electron chi connectivity index (χ3n) is 2.88. The standard InChI is InChI=1S/C13H12N4S/c18-13-16-11-4-2-7-15-12(11)17(13)8-5-10-3-1-6-14-9-10/h1-4,6-7,9H,5,8H2,(H,16,18). The number of nitrogens with zero attached hydrogens (tertiary/aromatic N) is 3. The van der Waals surface area contributed by atoms with Gasteiger partial charge in [0.1, 0.15) is 0 Å². The second-order valence-electron chi connectivity index (χ2n) is 4.07. The molecule has 0 amide bonds. The molecule has 3 rings (SSSR count). The Morgan fingerprint density at radius 2 is 2.11 bits per heavy atom. The molecule has 5 heteroatoms. The number of nitrogens with one attached hydrogen (secondary N) is 1. The van der Waals surface area contributed by atoms with Crippen LogP contribution in [0.4, 0.5) is 0 Å². The minimum atomic E-state index is 0.715. The van der Waals surface area contributed by atoms with Crippen molar-refractivity contribution in [3.8, 4) is 0 Å². The zero-order valence-corrected chi connectivity index (χ0v) is 10.5. The zero-order chi connectivity index (χ0) is 12.4. The summed E-state index contributed by atoms with van der Waals surface area (Å²) in [5, 5.41) is 0. The number of hydrogen-bond acceptors (Lipinski definition) is 3. The molecule has 0 aromatic carbocycles. The van der Waals surface area contributed by atoms with Gasteiger partial charge in [-0.3, -0.25) is 4.98 Å². The molecule has 4 nitrogen and oxygen atoms in total. The van der Waals surface area contributed by atoms with Crippen LogP contribution in [0.15, 0.2) is 42.9 Å². The van der Waals surface area contributed by atoms with E-state index in [0.717, 1.165) is 24.1 Å². The largest absolute Gasteiger partial charge is 0.329 e. The Labute approximate surface area is 109 Å². The van der Waals surface area contributed by atoms with Gasteiger partial charge in [0.15, 0.2) is 10.4 Å². The van der Waals surface area contributed by atoms with Gasteiger partial charge in [-0.15, -0.1) is 0 Å². The molecule has 0 saturated carbocycles. The maximum absolute atomic E-state index is 5.32. The number of aryl methyl sites for hydroxylation is 2. The smallest absolute Gasteiger partial charge is 0.179 e. The monoisotopic (exact) mass is 256 g/mol. The van der Waals surface area contributed by atoms with Crippen LogP contribution >= 0.6 is 12.2 Å². The van der Waals surface area contributed by atoms with Crippen molar-refractivity contribution in [3.05, 3.63) is 53.2 Å². The fourth-order valence-electron chi connectivity index (χ4n) is 1.98. The van der Waals surface area contributed by atoms with E-state index in [4.69, 9.17) is 12.2 Å². The molecular formula is C13H12N4S. The lowest BCUT2D eigenvalue weighted by atomic mass is 10.2. The number of H-pyrrole nitrogens is 1. The fourth-order valence-corrected chi connectivity index (χ4v) is 2.27. The highest BCUT2D eigenvalue weighted by Crippen LogP contribution is 2.11. The van der Waals surface area contributed by atoms with Crippen molar-refractivity contribution in [3.63, 3.8) is 0 Å². The van der Waals surface area contributed by atoms with Crippen LogP contribution in [0.3, 0.4) is 0 Å². The summed E-state index contributed by atoms with van der Waals surface area (Å²) in [5.74, 6) is 0. The summed E-state index contributed by atoms with van der Waals surface area (Å²) in [6.45, 7) is 0.807. The van der Waals surface area contributed by atoms with Crippen molar-refractivity contribution in [1.82, 2.24) is 19.5 Å². The Bertz CT molecular complexity index is 714. The van der Waals surface area contributed by atoms with Crippen molar-refractivity contribution < 1.29 is 0 Å². The molecule has 3 aromatic heterocycles. The molecule has 0 radical (unpaired) electrons. The van der Waals surface area contributed by atoms with Gasteiger partial charge in [-0.25, -0.2) is 4.98 Å². The Kier molecular flexibility index (Phi) is 2.90. The quantitative estimate of drug-likeness (QED) is 0.733. The first-order valence-corrected chi connectivity index (χ1v) is 6.18. The molecule has 3 aromatic rings. The summed E-state index contributed by atoms with van der Waals surface area (Å²) >= 11 is 5.32. The van der Waals surface area contributed by atoms with Gasteiger partial charge in [0.25, 0.3) is 0 Å². The highest BCUT2D eigenvalue weighted by Gasteiger charge is 2.04. The lowest BCUT2D eigenvalue weighted by Gasteiger charge is -2.03. The van der Waals surface area contributed by atoms with Crippen LogP contribution in [0.1, 0.15) is 5.56 Å². The average molecular weight is 256 g/mol. The van der Waals surface area contributed by atoms with E-state index in [1.807, 2.05) is 29.0 Å². The normalized spacial score (nSPS) is 10.9. The molecule has 0 bridgehead atoms. The second-order valence-corrected chi connectivity index (χ2v) is 4.45. The van der Waals surface area contributed by atoms with Crippen LogP contribution in [0.25, 0.3) is 11.2 Å². The molecule has 90 valence electrons. The highest BCUT2D eigenvalue weighted by atomic mass is 32.1. The molecule has 0 aliphatic rings. The molecule has 0 atom stereocenters. The minimum Gasteiger partial charge on any atom is -0.329 e. The second kappa shape index (κ2) is 4.70. The number of pyridine rings is 2. The predicted molar refractivity (Wildman–Crippen MR) is 72.9 cm³/mol. The summed E-state index contributed by atoms with van der Waals surface area (Å²) in [4.78, 5) is 11.6. The van der Waals surface area contributed by atoms with Crippen LogP contribution in [-0.4, -0.2) is 19.5 Å². The van der Waals surface area contributed by atoms with E-state index in [9.17, 15) is 0 Å². The molecule has 1 N–H and O–H groups in total. The zero-order valence-electron chi connectivity index (χ0n) is 9.71. The van der Waals surface area contributed by atoms with Gasteiger partial charge in [-0.2, -0.15) is 0 Å². The van der Waals surface area contributed by atoms with Crippen LogP contribution in [0, 0.1) is 4.77 Å². The molecule has 0 spiro atoms. The minimum absolute atomic E-state index is 0.715. The van der Waals surface area contributed by atoms with Gasteiger partial charge in [0.05, 0.1) is 5.52 Å². The number of rotatable bonds is 3. The topological polar surface area (TPSA) is 46.5 Å². The van der Waals surface area contributed by atoms with Gasteiger partial charge in [-0.05, 0) is 42.4 Å². The summed E-state index contributed by atoms with van der Waals surface area (Å²) in [5.41, 5.74) is 3.09. The SMILES string of the molecule is S=c1[nH]c2cccnc2n1CCc1cccnc1. The number of aromatic amines is 1. The van der Waals surface area contributed by atoms with E-state index in [1.165, 1.54) is 5.56 Å². The number of imidazole rings is 1. The van der Waals surface area contributed by atoms with Crippen LogP contribution in [-0.2, 0) is 13.0 Å². The molecule has 3 heterocycles. The Balaban J connectivity index is 1.91. The molecule has 0 aliphatic heterocycles. The first kappa shape index (κ1) is 11.1. The van der Waals surface area contributed by atoms with Gasteiger partial charge in [0, 0.05) is 25.1 Å². The summed E-state index contributed by atoms with van der Waals surface area (Å²) in [6, 6.07) is 7.90. The number of aromatic nitrogens is 4. The van der Waals surface area contributed by atoms with Crippen LogP contribution in [0.2, 0.25) is 0 Å². The number of fused-ring (bicyclic) bond motifs is 1. The van der Waals surface area contributed by atoms with Gasteiger partial charge < -0.3 is 9.55 Å². The molecule has 0 saturated heterocycles. The summed E-state index contributed by atoms with van der Waals surface area (Å²) < 4.78 is 2.74. The van der Waals surface area contributed by atoms with E-state index in [-0.39, 0.29) is 0 Å². The van der Waals surface area contributed by atoms with Crippen LogP contribution in [0.5, 0.6) is 0 Å². The Hall–Kier alpha value is -2.01. The van der Waals surface area contributed by atoms with E-state index in [1.54, 1.807) is 12.4 Å². The molecule has 0 fully saturated rings. The van der Waals surface area contributed by atoms with E-state index in [0.29, 0.717) is 4.77 Å². The van der Waals surface area contributed by atoms with Crippen LogP contribution < -0.4 is 0 Å². The first-order chi connectivity index (χ1) is 8.84. The van der Waals surface area contributed by atoms with Gasteiger partial charge in [0.2, 0.25) is 0 Å². The molecule has 18 heavy (non-hydrogen) atoms.